The predicted molar refractivity (Wildman–Crippen MR) is 111 cm³/mol. The fourth-order valence-corrected chi connectivity index (χ4v) is 3.66. The molecular weight excluding hydrogens is 380 g/mol. The zero-order chi connectivity index (χ0) is 20.9. The number of carbonyl (C=O) groups is 2. The smallest absolute Gasteiger partial charge is 0.253 e. The molecule has 2 heterocycles. The van der Waals surface area contributed by atoms with Crippen molar-refractivity contribution >= 4 is 11.8 Å². The van der Waals surface area contributed by atoms with Crippen molar-refractivity contribution in [2.45, 2.75) is 19.8 Å². The Morgan fingerprint density at radius 2 is 1.73 bits per heavy atom. The molecule has 2 amide bonds. The van der Waals surface area contributed by atoms with E-state index in [9.17, 15) is 9.59 Å². The number of rotatable bonds is 4. The van der Waals surface area contributed by atoms with Gasteiger partial charge in [0.25, 0.3) is 5.91 Å². The third kappa shape index (κ3) is 4.53. The number of amides is 2. The van der Waals surface area contributed by atoms with Gasteiger partial charge in [-0.25, -0.2) is 4.68 Å². The van der Waals surface area contributed by atoms with Crippen LogP contribution in [0.4, 0.5) is 0 Å². The van der Waals surface area contributed by atoms with Gasteiger partial charge in [-0.15, -0.1) is 5.10 Å². The average molecular weight is 404 g/mol. The number of tetrazole rings is 1. The minimum Gasteiger partial charge on any atom is -0.341 e. The first-order valence-electron chi connectivity index (χ1n) is 10.1. The summed E-state index contributed by atoms with van der Waals surface area (Å²) in [5.74, 6) is 0.112. The van der Waals surface area contributed by atoms with E-state index in [4.69, 9.17) is 0 Å². The summed E-state index contributed by atoms with van der Waals surface area (Å²) in [5, 5.41) is 11.1. The summed E-state index contributed by atoms with van der Waals surface area (Å²) in [7, 11) is 0. The Hall–Kier alpha value is -3.55. The third-order valence-electron chi connectivity index (χ3n) is 5.31. The van der Waals surface area contributed by atoms with E-state index in [1.54, 1.807) is 4.68 Å². The molecule has 0 radical (unpaired) electrons. The number of aryl methyl sites for hydroxylation is 1. The van der Waals surface area contributed by atoms with Crippen LogP contribution in [0.1, 0.15) is 27.9 Å². The van der Waals surface area contributed by atoms with Gasteiger partial charge in [0, 0.05) is 31.7 Å². The molecule has 1 aromatic heterocycles. The highest BCUT2D eigenvalue weighted by molar-refractivity contribution is 5.94. The highest BCUT2D eigenvalue weighted by Crippen LogP contribution is 2.13. The number of nitrogens with zero attached hydrogens (tertiary/aromatic N) is 6. The zero-order valence-electron chi connectivity index (χ0n) is 16.9. The first-order chi connectivity index (χ1) is 14.6. The van der Waals surface area contributed by atoms with Gasteiger partial charge in [0.15, 0.2) is 0 Å². The van der Waals surface area contributed by atoms with Crippen LogP contribution in [0, 0.1) is 6.92 Å². The van der Waals surface area contributed by atoms with Crippen molar-refractivity contribution in [2.75, 3.05) is 26.2 Å². The van der Waals surface area contributed by atoms with Gasteiger partial charge in [0.1, 0.15) is 6.33 Å². The number of aromatic nitrogens is 4. The molecule has 0 aliphatic carbocycles. The van der Waals surface area contributed by atoms with Crippen molar-refractivity contribution in [1.29, 1.82) is 0 Å². The van der Waals surface area contributed by atoms with Gasteiger partial charge in [-0.3, -0.25) is 9.59 Å². The molecular formula is C22H24N6O2. The van der Waals surface area contributed by atoms with Crippen LogP contribution in [0.15, 0.2) is 54.9 Å². The normalized spacial score (nSPS) is 14.4. The fourth-order valence-electron chi connectivity index (χ4n) is 3.66. The molecule has 1 aliphatic rings. The van der Waals surface area contributed by atoms with E-state index in [2.05, 4.69) is 15.5 Å². The second-order valence-corrected chi connectivity index (χ2v) is 7.49. The molecule has 4 rings (SSSR count). The number of hydrogen-bond acceptors (Lipinski definition) is 5. The predicted octanol–water partition coefficient (Wildman–Crippen LogP) is 1.89. The summed E-state index contributed by atoms with van der Waals surface area (Å²) in [6.45, 7) is 4.42. The second kappa shape index (κ2) is 8.86. The molecule has 154 valence electrons. The Balaban J connectivity index is 1.35. The van der Waals surface area contributed by atoms with E-state index in [0.717, 1.165) is 23.2 Å². The van der Waals surface area contributed by atoms with Gasteiger partial charge in [0.2, 0.25) is 5.91 Å². The molecule has 2 aromatic carbocycles. The molecule has 30 heavy (non-hydrogen) atoms. The maximum Gasteiger partial charge on any atom is 0.253 e. The van der Waals surface area contributed by atoms with Gasteiger partial charge in [0.05, 0.1) is 12.1 Å². The molecule has 1 saturated heterocycles. The van der Waals surface area contributed by atoms with Crippen LogP contribution >= 0.6 is 0 Å². The lowest BCUT2D eigenvalue weighted by atomic mass is 10.1. The van der Waals surface area contributed by atoms with Crippen molar-refractivity contribution < 1.29 is 9.59 Å². The Bertz CT molecular complexity index is 1020. The number of hydrogen-bond donors (Lipinski definition) is 0. The molecule has 8 heteroatoms. The zero-order valence-corrected chi connectivity index (χ0v) is 16.9. The second-order valence-electron chi connectivity index (χ2n) is 7.49. The van der Waals surface area contributed by atoms with Crippen molar-refractivity contribution in [2.24, 2.45) is 0 Å². The highest BCUT2D eigenvalue weighted by atomic mass is 16.2. The van der Waals surface area contributed by atoms with Crippen LogP contribution in [-0.2, 0) is 11.2 Å². The molecule has 0 N–H and O–H groups in total. The fraction of sp³-hybridized carbons (Fsp3) is 0.318. The third-order valence-corrected chi connectivity index (χ3v) is 5.31. The quantitative estimate of drug-likeness (QED) is 0.663. The van der Waals surface area contributed by atoms with E-state index in [0.29, 0.717) is 38.2 Å². The Labute approximate surface area is 175 Å². The summed E-state index contributed by atoms with van der Waals surface area (Å²) in [6.07, 6.45) is 2.64. The minimum absolute atomic E-state index is 0.0335. The summed E-state index contributed by atoms with van der Waals surface area (Å²) < 4.78 is 1.57. The van der Waals surface area contributed by atoms with E-state index < -0.39 is 0 Å². The van der Waals surface area contributed by atoms with E-state index in [1.807, 2.05) is 65.3 Å². The van der Waals surface area contributed by atoms with Gasteiger partial charge in [-0.2, -0.15) is 0 Å². The highest BCUT2D eigenvalue weighted by Gasteiger charge is 2.23. The topological polar surface area (TPSA) is 84.2 Å². The van der Waals surface area contributed by atoms with Crippen molar-refractivity contribution in [3.63, 3.8) is 0 Å². The van der Waals surface area contributed by atoms with Gasteiger partial charge < -0.3 is 9.80 Å². The summed E-state index contributed by atoms with van der Waals surface area (Å²) in [6, 6.07) is 15.3. The lowest BCUT2D eigenvalue weighted by molar-refractivity contribution is -0.130. The van der Waals surface area contributed by atoms with Crippen LogP contribution < -0.4 is 0 Å². The molecule has 0 saturated carbocycles. The average Bonchev–Trinajstić information content (AvgIpc) is 3.18. The minimum atomic E-state index is 0.0335. The van der Waals surface area contributed by atoms with Crippen molar-refractivity contribution in [1.82, 2.24) is 30.0 Å². The molecule has 1 fully saturated rings. The molecule has 8 nitrogen and oxygen atoms in total. The molecule has 0 spiro atoms. The SMILES string of the molecule is Cc1cccc(C(=O)N2CCCN(C(=O)Cc3ccc(-n4cnnn4)cc3)CC2)c1. The Morgan fingerprint density at radius 3 is 2.47 bits per heavy atom. The largest absolute Gasteiger partial charge is 0.341 e. The van der Waals surface area contributed by atoms with Crippen LogP contribution in [0.2, 0.25) is 0 Å². The first-order valence-corrected chi connectivity index (χ1v) is 10.1. The summed E-state index contributed by atoms with van der Waals surface area (Å²) in [5.41, 5.74) is 3.56. The summed E-state index contributed by atoms with van der Waals surface area (Å²) >= 11 is 0. The van der Waals surface area contributed by atoms with Crippen LogP contribution in [0.25, 0.3) is 5.69 Å². The van der Waals surface area contributed by atoms with E-state index >= 15 is 0 Å². The molecule has 3 aromatic rings. The maximum absolute atomic E-state index is 12.8. The van der Waals surface area contributed by atoms with E-state index in [-0.39, 0.29) is 11.8 Å². The van der Waals surface area contributed by atoms with Crippen LogP contribution in [-0.4, -0.2) is 68.0 Å². The van der Waals surface area contributed by atoms with Crippen LogP contribution in [0.3, 0.4) is 0 Å². The first kappa shape index (κ1) is 19.8. The van der Waals surface area contributed by atoms with Crippen LogP contribution in [0.5, 0.6) is 0 Å². The lowest BCUT2D eigenvalue weighted by Crippen LogP contribution is -2.38. The Kier molecular flexibility index (Phi) is 5.83. The number of benzene rings is 2. The molecule has 0 bridgehead atoms. The van der Waals surface area contributed by atoms with Crippen molar-refractivity contribution in [3.8, 4) is 5.69 Å². The van der Waals surface area contributed by atoms with E-state index in [1.165, 1.54) is 6.33 Å². The van der Waals surface area contributed by atoms with Crippen molar-refractivity contribution in [3.05, 3.63) is 71.5 Å². The Morgan fingerprint density at radius 1 is 0.967 bits per heavy atom. The molecule has 0 atom stereocenters. The molecule has 1 aliphatic heterocycles. The lowest BCUT2D eigenvalue weighted by Gasteiger charge is -2.22. The monoisotopic (exact) mass is 404 g/mol. The maximum atomic E-state index is 12.8. The summed E-state index contributed by atoms with van der Waals surface area (Å²) in [4.78, 5) is 29.3. The van der Waals surface area contributed by atoms with Gasteiger partial charge in [-0.1, -0.05) is 29.8 Å². The number of carbonyl (C=O) groups excluding carboxylic acids is 2. The standard InChI is InChI=1S/C22H24N6O2/c1-17-4-2-5-19(14-17)22(30)27-11-3-10-26(12-13-27)21(29)15-18-6-8-20(9-7-18)28-16-23-24-25-28/h2,4-9,14,16H,3,10-13,15H2,1H3. The van der Waals surface area contributed by atoms with Gasteiger partial charge in [-0.05, 0) is 53.6 Å². The van der Waals surface area contributed by atoms with Gasteiger partial charge >= 0.3 is 0 Å². The molecule has 0 unspecified atom stereocenters.